The van der Waals surface area contributed by atoms with Gasteiger partial charge >= 0.3 is 5.69 Å². The van der Waals surface area contributed by atoms with E-state index in [0.29, 0.717) is 24.1 Å². The predicted octanol–water partition coefficient (Wildman–Crippen LogP) is 2.55. The number of imidazole rings is 1. The second-order valence-corrected chi connectivity index (χ2v) is 9.68. The number of anilines is 1. The third-order valence-corrected chi connectivity index (χ3v) is 7.06. The quantitative estimate of drug-likeness (QED) is 0.388. The number of carbonyl (C=O) groups is 1. The lowest BCUT2D eigenvalue weighted by Gasteiger charge is -2.32. The number of aryl methyl sites for hydroxylation is 1. The van der Waals surface area contributed by atoms with Gasteiger partial charge in [0, 0.05) is 36.8 Å². The summed E-state index contributed by atoms with van der Waals surface area (Å²) in [5.41, 5.74) is 6.09. The first kappa shape index (κ1) is 24.9. The molecule has 0 saturated carbocycles. The number of benzene rings is 2. The van der Waals surface area contributed by atoms with Crippen molar-refractivity contribution in [3.8, 4) is 0 Å². The van der Waals surface area contributed by atoms with Gasteiger partial charge in [-0.15, -0.1) is 0 Å². The minimum atomic E-state index is -0.688. The Balaban J connectivity index is 1.69. The third-order valence-electron chi connectivity index (χ3n) is 6.69. The van der Waals surface area contributed by atoms with E-state index < -0.39 is 29.4 Å². The minimum absolute atomic E-state index is 0.0494. The van der Waals surface area contributed by atoms with Crippen LogP contribution in [0.5, 0.6) is 0 Å². The summed E-state index contributed by atoms with van der Waals surface area (Å²) in [7, 11) is 1.51. The number of hydrogen-bond acceptors (Lipinski definition) is 6. The van der Waals surface area contributed by atoms with Crippen molar-refractivity contribution in [3.05, 3.63) is 91.3 Å². The zero-order valence-corrected chi connectivity index (χ0v) is 21.0. The highest BCUT2D eigenvalue weighted by Gasteiger charge is 2.27. The summed E-state index contributed by atoms with van der Waals surface area (Å²) in [6, 6.07) is 12.4. The molecule has 4 aromatic rings. The molecule has 3 heterocycles. The molecule has 11 heteroatoms. The van der Waals surface area contributed by atoms with Crippen LogP contribution >= 0.6 is 11.6 Å². The maximum atomic E-state index is 13.8. The monoisotopic (exact) mass is 524 g/mol. The SMILES string of the molecule is Cn1c(=O)n(CC(=O)c2cccc(F)c2)c(=O)c2c1nc(N1CCCC(N)C1)n2Cc1ccccc1Cl. The molecule has 1 aliphatic heterocycles. The molecule has 1 fully saturated rings. The van der Waals surface area contributed by atoms with Gasteiger partial charge in [0.2, 0.25) is 5.95 Å². The van der Waals surface area contributed by atoms with Crippen LogP contribution in [-0.4, -0.2) is 43.6 Å². The van der Waals surface area contributed by atoms with Crippen LogP contribution in [0.25, 0.3) is 11.2 Å². The van der Waals surface area contributed by atoms with Crippen LogP contribution in [0.15, 0.2) is 58.1 Å². The van der Waals surface area contributed by atoms with E-state index >= 15 is 0 Å². The largest absolute Gasteiger partial charge is 0.341 e. The number of halogens is 2. The first-order valence-electron chi connectivity index (χ1n) is 12.0. The summed E-state index contributed by atoms with van der Waals surface area (Å²) in [4.78, 5) is 46.6. The average molecular weight is 525 g/mol. The topological polar surface area (TPSA) is 108 Å². The van der Waals surface area contributed by atoms with Gasteiger partial charge in [-0.05, 0) is 36.6 Å². The van der Waals surface area contributed by atoms with Crippen molar-refractivity contribution in [3.63, 3.8) is 0 Å². The van der Waals surface area contributed by atoms with Crippen LogP contribution < -0.4 is 21.9 Å². The second kappa shape index (κ2) is 9.95. The molecule has 1 unspecified atom stereocenters. The number of ketones is 1. The molecular formula is C26H26ClFN6O3. The Kier molecular flexibility index (Phi) is 6.70. The van der Waals surface area contributed by atoms with Gasteiger partial charge < -0.3 is 10.6 Å². The van der Waals surface area contributed by atoms with Gasteiger partial charge in [-0.1, -0.05) is 41.9 Å². The number of nitrogens with two attached hydrogens (primary N) is 1. The van der Waals surface area contributed by atoms with E-state index in [2.05, 4.69) is 0 Å². The van der Waals surface area contributed by atoms with E-state index in [9.17, 15) is 18.8 Å². The zero-order chi connectivity index (χ0) is 26.3. The lowest BCUT2D eigenvalue weighted by Crippen LogP contribution is -2.44. The predicted molar refractivity (Wildman–Crippen MR) is 140 cm³/mol. The summed E-state index contributed by atoms with van der Waals surface area (Å²) in [6.07, 6.45) is 1.75. The molecule has 1 saturated heterocycles. The highest BCUT2D eigenvalue weighted by Crippen LogP contribution is 2.26. The van der Waals surface area contributed by atoms with Crippen LogP contribution in [0.4, 0.5) is 10.3 Å². The number of aromatic nitrogens is 4. The van der Waals surface area contributed by atoms with Crippen molar-refractivity contribution in [1.29, 1.82) is 0 Å². The Morgan fingerprint density at radius 2 is 1.95 bits per heavy atom. The fourth-order valence-corrected chi connectivity index (χ4v) is 4.97. The van der Waals surface area contributed by atoms with Crippen molar-refractivity contribution in [2.45, 2.75) is 32.0 Å². The summed E-state index contributed by atoms with van der Waals surface area (Å²) in [6.45, 7) is 0.931. The lowest BCUT2D eigenvalue weighted by molar-refractivity contribution is 0.0968. The summed E-state index contributed by atoms with van der Waals surface area (Å²) < 4.78 is 17.5. The van der Waals surface area contributed by atoms with E-state index in [1.165, 1.54) is 29.8 Å². The van der Waals surface area contributed by atoms with Crippen molar-refractivity contribution >= 4 is 34.5 Å². The van der Waals surface area contributed by atoms with Gasteiger partial charge in [-0.2, -0.15) is 4.98 Å². The Bertz CT molecular complexity index is 1630. The first-order chi connectivity index (χ1) is 17.7. The van der Waals surface area contributed by atoms with Gasteiger partial charge in [-0.25, -0.2) is 9.18 Å². The molecule has 0 spiro atoms. The molecule has 0 amide bonds. The van der Waals surface area contributed by atoms with Crippen molar-refractivity contribution in [1.82, 2.24) is 18.7 Å². The van der Waals surface area contributed by atoms with E-state index in [4.69, 9.17) is 22.3 Å². The van der Waals surface area contributed by atoms with Crippen LogP contribution in [0, 0.1) is 5.82 Å². The van der Waals surface area contributed by atoms with Crippen molar-refractivity contribution < 1.29 is 9.18 Å². The Morgan fingerprint density at radius 3 is 2.68 bits per heavy atom. The number of nitrogens with zero attached hydrogens (tertiary/aromatic N) is 5. The van der Waals surface area contributed by atoms with Crippen molar-refractivity contribution in [2.24, 2.45) is 12.8 Å². The summed E-state index contributed by atoms with van der Waals surface area (Å²) in [5.74, 6) is -0.632. The number of piperidine rings is 1. The molecule has 2 aromatic heterocycles. The zero-order valence-electron chi connectivity index (χ0n) is 20.2. The van der Waals surface area contributed by atoms with Crippen molar-refractivity contribution in [2.75, 3.05) is 18.0 Å². The van der Waals surface area contributed by atoms with Gasteiger partial charge in [-0.3, -0.25) is 23.3 Å². The summed E-state index contributed by atoms with van der Waals surface area (Å²) >= 11 is 6.45. The number of fused-ring (bicyclic) bond motifs is 1. The Labute approximate surface area is 216 Å². The highest BCUT2D eigenvalue weighted by molar-refractivity contribution is 6.31. The molecule has 2 N–H and O–H groups in total. The molecule has 0 radical (unpaired) electrons. The molecule has 0 aliphatic carbocycles. The van der Waals surface area contributed by atoms with Crippen LogP contribution in [0.1, 0.15) is 28.8 Å². The molecule has 1 aliphatic rings. The lowest BCUT2D eigenvalue weighted by atomic mass is 10.1. The molecule has 2 aromatic carbocycles. The van der Waals surface area contributed by atoms with E-state index in [-0.39, 0.29) is 29.3 Å². The minimum Gasteiger partial charge on any atom is -0.341 e. The molecular weight excluding hydrogens is 499 g/mol. The number of Topliss-reactive ketones (excluding diaryl/α,β-unsaturated/α-hetero) is 1. The van der Waals surface area contributed by atoms with E-state index in [1.807, 2.05) is 23.1 Å². The molecule has 9 nitrogen and oxygen atoms in total. The molecule has 192 valence electrons. The maximum Gasteiger partial charge on any atom is 0.332 e. The fraction of sp³-hybridized carbons (Fsp3) is 0.308. The maximum absolute atomic E-state index is 13.8. The molecule has 5 rings (SSSR count). The van der Waals surface area contributed by atoms with Crippen LogP contribution in [-0.2, 0) is 20.1 Å². The van der Waals surface area contributed by atoms with Gasteiger partial charge in [0.15, 0.2) is 16.9 Å². The average Bonchev–Trinajstić information content (AvgIpc) is 3.26. The van der Waals surface area contributed by atoms with Gasteiger partial charge in [0.25, 0.3) is 5.56 Å². The standard InChI is InChI=1S/C26H26ClFN6O3/c1-31-23-22(24(36)34(26(31)37)15-21(35)16-7-4-8-18(28)12-16)33(13-17-6-2-3-10-20(17)27)25(30-23)32-11-5-9-19(29)14-32/h2-4,6-8,10,12,19H,5,9,11,13-15,29H2,1H3. The Morgan fingerprint density at radius 1 is 1.16 bits per heavy atom. The highest BCUT2D eigenvalue weighted by atomic mass is 35.5. The number of rotatable bonds is 6. The number of hydrogen-bond donors (Lipinski definition) is 1. The van der Waals surface area contributed by atoms with Crippen LogP contribution in [0.3, 0.4) is 0 Å². The summed E-state index contributed by atoms with van der Waals surface area (Å²) in [5, 5.41) is 0.525. The first-order valence-corrected chi connectivity index (χ1v) is 12.3. The molecule has 37 heavy (non-hydrogen) atoms. The third kappa shape index (κ3) is 4.70. The van der Waals surface area contributed by atoms with Gasteiger partial charge in [0.1, 0.15) is 5.82 Å². The normalized spacial score (nSPS) is 15.9. The molecule has 1 atom stereocenters. The fourth-order valence-electron chi connectivity index (χ4n) is 4.78. The Hall–Kier alpha value is -3.76. The van der Waals surface area contributed by atoms with Gasteiger partial charge in [0.05, 0.1) is 13.1 Å². The van der Waals surface area contributed by atoms with E-state index in [0.717, 1.165) is 29.0 Å². The second-order valence-electron chi connectivity index (χ2n) is 9.28. The molecule has 0 bridgehead atoms. The number of carbonyl (C=O) groups excluding carboxylic acids is 1. The van der Waals surface area contributed by atoms with Crippen LogP contribution in [0.2, 0.25) is 5.02 Å². The van der Waals surface area contributed by atoms with E-state index in [1.54, 1.807) is 10.6 Å². The smallest absolute Gasteiger partial charge is 0.332 e.